The number of aliphatic carboxylic acids is 1. The maximum Gasteiger partial charge on any atom is 0.471 e. The van der Waals surface area contributed by atoms with Crippen LogP contribution in [-0.2, 0) is 16.0 Å². The number of alkyl halides is 3. The first kappa shape index (κ1) is 16.0. The minimum Gasteiger partial charge on any atom is -0.481 e. The fourth-order valence-electron chi connectivity index (χ4n) is 1.65. The second-order valence-corrected chi connectivity index (χ2v) is 4.22. The van der Waals surface area contributed by atoms with E-state index in [2.05, 4.69) is 0 Å². The summed E-state index contributed by atoms with van der Waals surface area (Å²) in [5.41, 5.74) is 1.28. The molecule has 4 nitrogen and oxygen atoms in total. The number of aryl methyl sites for hydroxylation is 1. The summed E-state index contributed by atoms with van der Waals surface area (Å²) in [7, 11) is 0. The van der Waals surface area contributed by atoms with Gasteiger partial charge in [-0.3, -0.25) is 9.59 Å². The molecule has 0 fully saturated rings. The average Bonchev–Trinajstić information content (AvgIpc) is 2.36. The molecule has 0 heterocycles. The van der Waals surface area contributed by atoms with Gasteiger partial charge in [0.25, 0.3) is 0 Å². The minimum absolute atomic E-state index is 0.321. The van der Waals surface area contributed by atoms with Crippen LogP contribution in [-0.4, -0.2) is 23.2 Å². The number of carbonyl (C=O) groups is 2. The van der Waals surface area contributed by atoms with Crippen LogP contribution in [0.1, 0.15) is 30.5 Å². The Bertz CT molecular complexity index is 483. The molecule has 0 saturated carbocycles. The smallest absolute Gasteiger partial charge is 0.471 e. The van der Waals surface area contributed by atoms with Gasteiger partial charge in [0.05, 0.1) is 12.5 Å². The highest BCUT2D eigenvalue weighted by atomic mass is 19.4. The largest absolute Gasteiger partial charge is 0.481 e. The first-order valence-electron chi connectivity index (χ1n) is 5.92. The van der Waals surface area contributed by atoms with Gasteiger partial charge in [-0.05, 0) is 17.5 Å². The molecular weight excluding hydrogens is 275 g/mol. The Balaban J connectivity index is 2.93. The normalized spacial score (nSPS) is 12.8. The van der Waals surface area contributed by atoms with Crippen molar-refractivity contribution in [3.63, 3.8) is 0 Å². The van der Waals surface area contributed by atoms with Crippen LogP contribution < -0.4 is 5.32 Å². The topological polar surface area (TPSA) is 66.4 Å². The van der Waals surface area contributed by atoms with E-state index in [1.807, 2.05) is 6.92 Å². The van der Waals surface area contributed by atoms with E-state index in [4.69, 9.17) is 5.11 Å². The molecule has 1 amide bonds. The van der Waals surface area contributed by atoms with Crippen molar-refractivity contribution in [1.29, 1.82) is 0 Å². The van der Waals surface area contributed by atoms with Crippen LogP contribution >= 0.6 is 0 Å². The van der Waals surface area contributed by atoms with Gasteiger partial charge in [0.2, 0.25) is 0 Å². The summed E-state index contributed by atoms with van der Waals surface area (Å²) in [6, 6.07) is 5.19. The van der Waals surface area contributed by atoms with Crippen molar-refractivity contribution in [3.05, 3.63) is 35.4 Å². The van der Waals surface area contributed by atoms with E-state index < -0.39 is 30.5 Å². The van der Waals surface area contributed by atoms with Gasteiger partial charge in [0.15, 0.2) is 0 Å². The zero-order chi connectivity index (χ0) is 15.3. The van der Waals surface area contributed by atoms with Crippen molar-refractivity contribution < 1.29 is 27.9 Å². The monoisotopic (exact) mass is 289 g/mol. The molecule has 110 valence electrons. The average molecular weight is 289 g/mol. The quantitative estimate of drug-likeness (QED) is 0.875. The summed E-state index contributed by atoms with van der Waals surface area (Å²) < 4.78 is 36.7. The molecule has 0 aliphatic carbocycles. The molecule has 0 unspecified atom stereocenters. The first-order chi connectivity index (χ1) is 9.24. The van der Waals surface area contributed by atoms with Crippen LogP contribution in [0.15, 0.2) is 24.3 Å². The SMILES string of the molecule is CCc1ccc([C@@H](CC(=O)O)NC(=O)C(F)(F)F)cc1. The molecule has 2 N–H and O–H groups in total. The maximum absolute atomic E-state index is 12.2. The van der Waals surface area contributed by atoms with E-state index in [0.29, 0.717) is 5.56 Å². The van der Waals surface area contributed by atoms with Gasteiger partial charge in [-0.1, -0.05) is 31.2 Å². The van der Waals surface area contributed by atoms with Crippen molar-refractivity contribution in [2.24, 2.45) is 0 Å². The number of carbonyl (C=O) groups excluding carboxylic acids is 1. The van der Waals surface area contributed by atoms with Gasteiger partial charge in [-0.25, -0.2) is 0 Å². The summed E-state index contributed by atoms with van der Waals surface area (Å²) in [6.45, 7) is 1.91. The van der Waals surface area contributed by atoms with E-state index in [1.54, 1.807) is 17.4 Å². The molecule has 0 aliphatic heterocycles. The van der Waals surface area contributed by atoms with Gasteiger partial charge in [-0.15, -0.1) is 0 Å². The van der Waals surface area contributed by atoms with Gasteiger partial charge >= 0.3 is 18.1 Å². The summed E-state index contributed by atoms with van der Waals surface area (Å²) >= 11 is 0. The molecule has 0 radical (unpaired) electrons. The van der Waals surface area contributed by atoms with E-state index in [1.165, 1.54) is 12.1 Å². The number of carboxylic acids is 1. The fraction of sp³-hybridized carbons (Fsp3) is 0.385. The van der Waals surface area contributed by atoms with Crippen molar-refractivity contribution in [2.75, 3.05) is 0 Å². The lowest BCUT2D eigenvalue weighted by Crippen LogP contribution is -2.39. The minimum atomic E-state index is -5.04. The van der Waals surface area contributed by atoms with Gasteiger partial charge < -0.3 is 10.4 Å². The second-order valence-electron chi connectivity index (χ2n) is 4.22. The number of halogens is 3. The molecule has 1 rings (SSSR count). The van der Waals surface area contributed by atoms with E-state index >= 15 is 0 Å². The van der Waals surface area contributed by atoms with Gasteiger partial charge in [0, 0.05) is 0 Å². The number of benzene rings is 1. The number of hydrogen-bond acceptors (Lipinski definition) is 2. The Hall–Kier alpha value is -2.05. The lowest BCUT2D eigenvalue weighted by molar-refractivity contribution is -0.174. The standard InChI is InChI=1S/C13H14F3NO3/c1-2-8-3-5-9(6-4-8)10(7-11(18)19)17-12(20)13(14,15)16/h3-6,10H,2,7H2,1H3,(H,17,20)(H,18,19)/t10-/m1/s1. The third-order valence-corrected chi connectivity index (χ3v) is 2.73. The lowest BCUT2D eigenvalue weighted by Gasteiger charge is -2.18. The van der Waals surface area contributed by atoms with Crippen LogP contribution in [0.3, 0.4) is 0 Å². The number of rotatable bonds is 5. The van der Waals surface area contributed by atoms with E-state index in [-0.39, 0.29) is 0 Å². The highest BCUT2D eigenvalue weighted by Gasteiger charge is 2.40. The third kappa shape index (κ3) is 4.56. The predicted octanol–water partition coefficient (Wildman–Crippen LogP) is 2.44. The van der Waals surface area contributed by atoms with Crippen molar-refractivity contribution in [3.8, 4) is 0 Å². The molecule has 7 heteroatoms. The lowest BCUT2D eigenvalue weighted by atomic mass is 10.0. The molecule has 0 aromatic heterocycles. The zero-order valence-corrected chi connectivity index (χ0v) is 10.7. The summed E-state index contributed by atoms with van der Waals surface area (Å²) in [6.07, 6.45) is -4.91. The fourth-order valence-corrected chi connectivity index (χ4v) is 1.65. The zero-order valence-electron chi connectivity index (χ0n) is 10.7. The second kappa shape index (κ2) is 6.40. The number of carboxylic acid groups (broad SMARTS) is 1. The Morgan fingerprint density at radius 2 is 1.80 bits per heavy atom. The van der Waals surface area contributed by atoms with E-state index in [9.17, 15) is 22.8 Å². The summed E-state index contributed by atoms with van der Waals surface area (Å²) in [4.78, 5) is 21.6. The third-order valence-electron chi connectivity index (χ3n) is 2.73. The number of nitrogens with one attached hydrogen (secondary N) is 1. The van der Waals surface area contributed by atoms with Crippen molar-refractivity contribution in [1.82, 2.24) is 5.32 Å². The first-order valence-corrected chi connectivity index (χ1v) is 5.92. The highest BCUT2D eigenvalue weighted by molar-refractivity contribution is 5.82. The Morgan fingerprint density at radius 3 is 2.20 bits per heavy atom. The van der Waals surface area contributed by atoms with Gasteiger partial charge in [0.1, 0.15) is 0 Å². The van der Waals surface area contributed by atoms with Crippen LogP contribution in [0.2, 0.25) is 0 Å². The van der Waals surface area contributed by atoms with Gasteiger partial charge in [-0.2, -0.15) is 13.2 Å². The Kier molecular flexibility index (Phi) is 5.12. The molecule has 0 saturated heterocycles. The number of hydrogen-bond donors (Lipinski definition) is 2. The molecule has 20 heavy (non-hydrogen) atoms. The molecule has 0 bridgehead atoms. The number of amides is 1. The summed E-state index contributed by atoms with van der Waals surface area (Å²) in [5.74, 6) is -3.44. The Labute approximate surface area is 113 Å². The molecule has 1 aromatic rings. The van der Waals surface area contributed by atoms with Crippen LogP contribution in [0.5, 0.6) is 0 Å². The van der Waals surface area contributed by atoms with Crippen LogP contribution in [0.4, 0.5) is 13.2 Å². The Morgan fingerprint density at radius 1 is 1.25 bits per heavy atom. The molecule has 0 aliphatic rings. The molecule has 1 aromatic carbocycles. The summed E-state index contributed by atoms with van der Waals surface area (Å²) in [5, 5.41) is 10.4. The van der Waals surface area contributed by atoms with Crippen molar-refractivity contribution in [2.45, 2.75) is 32.0 Å². The maximum atomic E-state index is 12.2. The highest BCUT2D eigenvalue weighted by Crippen LogP contribution is 2.21. The molecular formula is C13H14F3NO3. The van der Waals surface area contributed by atoms with Crippen LogP contribution in [0, 0.1) is 0 Å². The predicted molar refractivity (Wildman–Crippen MR) is 65.0 cm³/mol. The molecule has 0 spiro atoms. The van der Waals surface area contributed by atoms with Crippen LogP contribution in [0.25, 0.3) is 0 Å². The van der Waals surface area contributed by atoms with E-state index in [0.717, 1.165) is 12.0 Å². The molecule has 1 atom stereocenters. The van der Waals surface area contributed by atoms with Crippen molar-refractivity contribution >= 4 is 11.9 Å².